The highest BCUT2D eigenvalue weighted by Gasteiger charge is 2.23. The van der Waals surface area contributed by atoms with Crippen LogP contribution >= 0.6 is 24.0 Å². The van der Waals surface area contributed by atoms with Crippen molar-refractivity contribution in [2.45, 2.75) is 30.6 Å². The van der Waals surface area contributed by atoms with Gasteiger partial charge in [0.2, 0.25) is 5.91 Å². The Morgan fingerprint density at radius 2 is 1.86 bits per heavy atom. The molecule has 0 unspecified atom stereocenters. The monoisotopic (exact) mass is 522 g/mol. The van der Waals surface area contributed by atoms with Crippen LogP contribution in [0.25, 0.3) is 0 Å². The van der Waals surface area contributed by atoms with Crippen LogP contribution in [-0.4, -0.2) is 64.7 Å². The molecule has 1 aliphatic rings. The van der Waals surface area contributed by atoms with Crippen LogP contribution in [0.4, 0.5) is 0 Å². The standard InChI is InChI=1S/C19H30N4O3S.HI/c1-20-18(24)15-16-9-12-23(13-10-16)19(21-2)22-11-6-14-27(25,26)17-7-4-3-5-8-17;/h3-5,7-8,16H,6,9-15H2,1-2H3,(H,20,24)(H,21,22);1H. The van der Waals surface area contributed by atoms with Crippen molar-refractivity contribution >= 4 is 45.7 Å². The Balaban J connectivity index is 0.00000392. The first-order chi connectivity index (χ1) is 13.0. The lowest BCUT2D eigenvalue weighted by atomic mass is 9.93. The molecule has 1 fully saturated rings. The number of hydrogen-bond acceptors (Lipinski definition) is 4. The number of carbonyl (C=O) groups is 1. The van der Waals surface area contributed by atoms with Crippen molar-refractivity contribution in [2.24, 2.45) is 10.9 Å². The number of hydrogen-bond donors (Lipinski definition) is 2. The third kappa shape index (κ3) is 7.57. The molecule has 158 valence electrons. The molecular formula is C19H31IN4O3S. The van der Waals surface area contributed by atoms with Crippen LogP contribution in [0, 0.1) is 5.92 Å². The van der Waals surface area contributed by atoms with E-state index in [2.05, 4.69) is 20.5 Å². The normalized spacial score (nSPS) is 15.6. The average Bonchev–Trinajstić information content (AvgIpc) is 2.69. The van der Waals surface area contributed by atoms with E-state index >= 15 is 0 Å². The van der Waals surface area contributed by atoms with Gasteiger partial charge in [0.25, 0.3) is 0 Å². The molecule has 0 spiro atoms. The summed E-state index contributed by atoms with van der Waals surface area (Å²) in [6.45, 7) is 2.25. The number of rotatable bonds is 7. The minimum absolute atomic E-state index is 0. The minimum atomic E-state index is -3.24. The molecule has 1 aromatic carbocycles. The summed E-state index contributed by atoms with van der Waals surface area (Å²) in [5.41, 5.74) is 0. The number of piperidine rings is 1. The molecule has 1 aromatic rings. The van der Waals surface area contributed by atoms with E-state index in [9.17, 15) is 13.2 Å². The Morgan fingerprint density at radius 1 is 1.21 bits per heavy atom. The minimum Gasteiger partial charge on any atom is -0.359 e. The maximum Gasteiger partial charge on any atom is 0.220 e. The number of nitrogens with one attached hydrogen (secondary N) is 2. The van der Waals surface area contributed by atoms with Gasteiger partial charge in [0.1, 0.15) is 0 Å². The first kappa shape index (κ1) is 24.7. The number of amides is 1. The van der Waals surface area contributed by atoms with Crippen LogP contribution < -0.4 is 10.6 Å². The van der Waals surface area contributed by atoms with Crippen LogP contribution in [-0.2, 0) is 14.6 Å². The van der Waals surface area contributed by atoms with Crippen LogP contribution in [0.5, 0.6) is 0 Å². The smallest absolute Gasteiger partial charge is 0.220 e. The van der Waals surface area contributed by atoms with Gasteiger partial charge in [0.15, 0.2) is 15.8 Å². The largest absolute Gasteiger partial charge is 0.359 e. The molecule has 1 saturated heterocycles. The molecule has 0 atom stereocenters. The van der Waals surface area contributed by atoms with Crippen molar-refractivity contribution in [2.75, 3.05) is 39.5 Å². The SMILES string of the molecule is CN=C(NCCCS(=O)(=O)c1ccccc1)N1CCC(CC(=O)NC)CC1.I. The molecule has 2 rings (SSSR count). The fourth-order valence-electron chi connectivity index (χ4n) is 3.25. The number of likely N-dealkylation sites (tertiary alicyclic amines) is 1. The number of guanidine groups is 1. The number of sulfone groups is 1. The summed E-state index contributed by atoms with van der Waals surface area (Å²) in [6, 6.07) is 8.54. The van der Waals surface area contributed by atoms with E-state index in [1.54, 1.807) is 38.4 Å². The molecule has 0 saturated carbocycles. The zero-order valence-electron chi connectivity index (χ0n) is 16.6. The Hall–Kier alpha value is -1.36. The Labute approximate surface area is 185 Å². The zero-order chi connectivity index (χ0) is 19.7. The van der Waals surface area contributed by atoms with Crippen LogP contribution in [0.1, 0.15) is 25.7 Å². The summed E-state index contributed by atoms with van der Waals surface area (Å²) in [6.07, 6.45) is 3.00. The summed E-state index contributed by atoms with van der Waals surface area (Å²) >= 11 is 0. The second kappa shape index (κ2) is 12.3. The van der Waals surface area contributed by atoms with E-state index in [0.717, 1.165) is 31.9 Å². The van der Waals surface area contributed by atoms with Gasteiger partial charge >= 0.3 is 0 Å². The third-order valence-corrected chi connectivity index (χ3v) is 6.67. The predicted octanol–water partition coefficient (Wildman–Crippen LogP) is 1.89. The highest BCUT2D eigenvalue weighted by atomic mass is 127. The second-order valence-corrected chi connectivity index (χ2v) is 8.88. The second-order valence-electron chi connectivity index (χ2n) is 6.77. The molecule has 7 nitrogen and oxygen atoms in total. The van der Waals surface area contributed by atoms with E-state index in [1.165, 1.54) is 0 Å². The molecule has 28 heavy (non-hydrogen) atoms. The van der Waals surface area contributed by atoms with Crippen molar-refractivity contribution in [3.05, 3.63) is 30.3 Å². The highest BCUT2D eigenvalue weighted by Crippen LogP contribution is 2.20. The lowest BCUT2D eigenvalue weighted by molar-refractivity contribution is -0.121. The summed E-state index contributed by atoms with van der Waals surface area (Å²) in [5, 5.41) is 5.94. The van der Waals surface area contributed by atoms with Crippen molar-refractivity contribution in [1.82, 2.24) is 15.5 Å². The maximum atomic E-state index is 12.3. The third-order valence-electron chi connectivity index (χ3n) is 4.85. The summed E-state index contributed by atoms with van der Waals surface area (Å²) in [5.74, 6) is 1.41. The number of aliphatic imine (C=N–C) groups is 1. The summed E-state index contributed by atoms with van der Waals surface area (Å²) in [4.78, 5) is 18.3. The van der Waals surface area contributed by atoms with Gasteiger partial charge in [-0.3, -0.25) is 9.79 Å². The molecule has 0 aromatic heterocycles. The van der Waals surface area contributed by atoms with Crippen molar-refractivity contribution in [3.63, 3.8) is 0 Å². The molecule has 1 amide bonds. The quantitative estimate of drug-likeness (QED) is 0.247. The molecule has 0 bridgehead atoms. The van der Waals surface area contributed by atoms with E-state index in [-0.39, 0.29) is 35.6 Å². The molecule has 9 heteroatoms. The van der Waals surface area contributed by atoms with Crippen molar-refractivity contribution in [3.8, 4) is 0 Å². The number of benzene rings is 1. The fraction of sp³-hybridized carbons (Fsp3) is 0.579. The van der Waals surface area contributed by atoms with E-state index in [1.807, 2.05) is 6.07 Å². The molecule has 0 aliphatic carbocycles. The van der Waals surface area contributed by atoms with E-state index in [0.29, 0.717) is 30.2 Å². The topological polar surface area (TPSA) is 90.9 Å². The lowest BCUT2D eigenvalue weighted by Gasteiger charge is -2.34. The fourth-order valence-corrected chi connectivity index (χ4v) is 4.59. The van der Waals surface area contributed by atoms with Gasteiger partial charge in [0.05, 0.1) is 10.6 Å². The van der Waals surface area contributed by atoms with Gasteiger partial charge in [-0.05, 0) is 37.3 Å². The lowest BCUT2D eigenvalue weighted by Crippen LogP contribution is -2.46. The average molecular weight is 522 g/mol. The van der Waals surface area contributed by atoms with Gasteiger partial charge in [-0.1, -0.05) is 18.2 Å². The van der Waals surface area contributed by atoms with Gasteiger partial charge in [-0.2, -0.15) is 0 Å². The predicted molar refractivity (Wildman–Crippen MR) is 123 cm³/mol. The van der Waals surface area contributed by atoms with Gasteiger partial charge < -0.3 is 15.5 Å². The Bertz CT molecular complexity index is 733. The van der Waals surface area contributed by atoms with Gasteiger partial charge in [-0.25, -0.2) is 8.42 Å². The number of halogens is 1. The molecule has 2 N–H and O–H groups in total. The highest BCUT2D eigenvalue weighted by molar-refractivity contribution is 14.0. The molecule has 1 heterocycles. The first-order valence-corrected chi connectivity index (χ1v) is 11.1. The molecule has 0 radical (unpaired) electrons. The van der Waals surface area contributed by atoms with E-state index < -0.39 is 9.84 Å². The van der Waals surface area contributed by atoms with Crippen LogP contribution in [0.3, 0.4) is 0 Å². The maximum absolute atomic E-state index is 12.3. The van der Waals surface area contributed by atoms with Crippen molar-refractivity contribution < 1.29 is 13.2 Å². The van der Waals surface area contributed by atoms with Crippen molar-refractivity contribution in [1.29, 1.82) is 0 Å². The number of carbonyl (C=O) groups excluding carboxylic acids is 1. The molecular weight excluding hydrogens is 491 g/mol. The van der Waals surface area contributed by atoms with E-state index in [4.69, 9.17) is 0 Å². The van der Waals surface area contributed by atoms with Gasteiger partial charge in [0, 0.05) is 40.2 Å². The summed E-state index contributed by atoms with van der Waals surface area (Å²) < 4.78 is 24.6. The molecule has 1 aliphatic heterocycles. The summed E-state index contributed by atoms with van der Waals surface area (Å²) in [7, 11) is 0.161. The van der Waals surface area contributed by atoms with Crippen LogP contribution in [0.2, 0.25) is 0 Å². The zero-order valence-corrected chi connectivity index (χ0v) is 19.7. The van der Waals surface area contributed by atoms with Crippen LogP contribution in [0.15, 0.2) is 40.2 Å². The first-order valence-electron chi connectivity index (χ1n) is 9.40. The Morgan fingerprint density at radius 3 is 2.43 bits per heavy atom. The number of nitrogens with zero attached hydrogens (tertiary/aromatic N) is 2. The van der Waals surface area contributed by atoms with Gasteiger partial charge in [-0.15, -0.1) is 24.0 Å². The Kier molecular flexibility index (Phi) is 10.8.